The van der Waals surface area contributed by atoms with Gasteiger partial charge in [0.15, 0.2) is 5.82 Å². The Balaban J connectivity index is 1.73. The minimum Gasteiger partial charge on any atom is -0.250 e. The molecule has 0 saturated carbocycles. The predicted octanol–water partition coefficient (Wildman–Crippen LogP) is 4.64. The number of fused-ring (bicyclic) bond motifs is 1. The lowest BCUT2D eigenvalue weighted by molar-refractivity contribution is 0.871. The third-order valence-corrected chi connectivity index (χ3v) is 4.04. The van der Waals surface area contributed by atoms with Crippen LogP contribution in [0.2, 0.25) is 0 Å². The van der Waals surface area contributed by atoms with Crippen molar-refractivity contribution in [1.82, 2.24) is 14.9 Å². The Hall–Kier alpha value is -3.05. The van der Waals surface area contributed by atoms with Crippen molar-refractivity contribution >= 4 is 29.2 Å². The molecular weight excluding hydrogens is 316 g/mol. The van der Waals surface area contributed by atoms with Crippen LogP contribution in [0.25, 0.3) is 22.2 Å². The molecular formula is C19H14N4S. The molecule has 0 aliphatic rings. The Morgan fingerprint density at radius 2 is 1.67 bits per heavy atom. The average molecular weight is 330 g/mol. The Morgan fingerprint density at radius 3 is 2.50 bits per heavy atom. The summed E-state index contributed by atoms with van der Waals surface area (Å²) in [4.78, 5) is 0. The molecule has 1 aromatic heterocycles. The molecule has 116 valence electrons. The molecule has 0 spiro atoms. The molecule has 0 amide bonds. The van der Waals surface area contributed by atoms with E-state index < -0.39 is 0 Å². The van der Waals surface area contributed by atoms with Crippen molar-refractivity contribution in [2.75, 3.05) is 0 Å². The number of aromatic nitrogens is 3. The third-order valence-electron chi connectivity index (χ3n) is 3.78. The fraction of sp³-hybridized carbons (Fsp3) is 0. The quantitative estimate of drug-likeness (QED) is 0.439. The van der Waals surface area contributed by atoms with Crippen molar-refractivity contribution in [3.05, 3.63) is 83.1 Å². The van der Waals surface area contributed by atoms with Crippen LogP contribution in [0.3, 0.4) is 0 Å². The van der Waals surface area contributed by atoms with Crippen LogP contribution in [0, 0.1) is 4.77 Å². The van der Waals surface area contributed by atoms with E-state index in [0.29, 0.717) is 10.6 Å². The molecule has 4 rings (SSSR count). The normalized spacial score (nSPS) is 11.3. The topological polar surface area (TPSA) is 46.0 Å². The molecule has 0 bridgehead atoms. The molecule has 0 atom stereocenters. The zero-order valence-electron chi connectivity index (χ0n) is 12.8. The van der Waals surface area contributed by atoms with Crippen LogP contribution in [0.4, 0.5) is 0 Å². The Morgan fingerprint density at radius 1 is 0.917 bits per heavy atom. The predicted molar refractivity (Wildman–Crippen MR) is 99.8 cm³/mol. The molecule has 0 saturated heterocycles. The van der Waals surface area contributed by atoms with E-state index in [4.69, 9.17) is 12.2 Å². The monoisotopic (exact) mass is 330 g/mol. The number of benzene rings is 3. The van der Waals surface area contributed by atoms with Gasteiger partial charge in [-0.1, -0.05) is 66.7 Å². The molecule has 0 unspecified atom stereocenters. The van der Waals surface area contributed by atoms with Crippen LogP contribution in [0.15, 0.2) is 77.9 Å². The fourth-order valence-corrected chi connectivity index (χ4v) is 2.76. The van der Waals surface area contributed by atoms with Gasteiger partial charge in [0.2, 0.25) is 4.77 Å². The van der Waals surface area contributed by atoms with Gasteiger partial charge in [0.1, 0.15) is 0 Å². The lowest BCUT2D eigenvalue weighted by atomic mass is 10.1. The lowest BCUT2D eigenvalue weighted by Crippen LogP contribution is -1.95. The molecule has 3 aromatic carbocycles. The van der Waals surface area contributed by atoms with Crippen molar-refractivity contribution in [1.29, 1.82) is 0 Å². The zero-order chi connectivity index (χ0) is 16.4. The van der Waals surface area contributed by atoms with Gasteiger partial charge < -0.3 is 0 Å². The largest absolute Gasteiger partial charge is 0.250 e. The van der Waals surface area contributed by atoms with E-state index in [-0.39, 0.29) is 0 Å². The van der Waals surface area contributed by atoms with Gasteiger partial charge in [0.05, 0.1) is 6.21 Å². The summed E-state index contributed by atoms with van der Waals surface area (Å²) in [5.41, 5.74) is 1.97. The van der Waals surface area contributed by atoms with E-state index in [1.807, 2.05) is 48.5 Å². The average Bonchev–Trinajstić information content (AvgIpc) is 3.01. The second-order valence-corrected chi connectivity index (χ2v) is 5.77. The number of hydrogen-bond acceptors (Lipinski definition) is 3. The van der Waals surface area contributed by atoms with Gasteiger partial charge in [0.25, 0.3) is 0 Å². The summed E-state index contributed by atoms with van der Waals surface area (Å²) in [5, 5.41) is 14.0. The Labute approximate surface area is 144 Å². The molecule has 0 radical (unpaired) electrons. The van der Waals surface area contributed by atoms with E-state index in [2.05, 4.69) is 39.6 Å². The molecule has 0 fully saturated rings. The minimum absolute atomic E-state index is 0.464. The Kier molecular flexibility index (Phi) is 3.76. The van der Waals surface area contributed by atoms with E-state index >= 15 is 0 Å². The molecule has 4 nitrogen and oxygen atoms in total. The highest BCUT2D eigenvalue weighted by molar-refractivity contribution is 7.71. The molecule has 24 heavy (non-hydrogen) atoms. The van der Waals surface area contributed by atoms with Crippen LogP contribution in [0.1, 0.15) is 5.56 Å². The van der Waals surface area contributed by atoms with Crippen molar-refractivity contribution in [2.45, 2.75) is 0 Å². The first-order chi connectivity index (χ1) is 11.8. The molecule has 0 aliphatic heterocycles. The highest BCUT2D eigenvalue weighted by Crippen LogP contribution is 2.17. The Bertz CT molecular complexity index is 1080. The van der Waals surface area contributed by atoms with Gasteiger partial charge in [0, 0.05) is 5.56 Å². The van der Waals surface area contributed by atoms with Crippen molar-refractivity contribution in [3.63, 3.8) is 0 Å². The summed E-state index contributed by atoms with van der Waals surface area (Å²) in [6.45, 7) is 0. The van der Waals surface area contributed by atoms with Crippen LogP contribution in [0.5, 0.6) is 0 Å². The number of H-pyrrole nitrogens is 1. The number of hydrogen-bond donors (Lipinski definition) is 1. The van der Waals surface area contributed by atoms with Gasteiger partial charge in [-0.25, -0.2) is 5.10 Å². The zero-order valence-corrected chi connectivity index (χ0v) is 13.6. The molecule has 0 aliphatic carbocycles. The summed E-state index contributed by atoms with van der Waals surface area (Å²) in [5.74, 6) is 0.692. The van der Waals surface area contributed by atoms with Crippen LogP contribution in [-0.2, 0) is 0 Å². The van der Waals surface area contributed by atoms with Crippen LogP contribution >= 0.6 is 12.2 Å². The van der Waals surface area contributed by atoms with Crippen LogP contribution in [-0.4, -0.2) is 21.1 Å². The van der Waals surface area contributed by atoms with Crippen molar-refractivity contribution < 1.29 is 0 Å². The number of nitrogens with one attached hydrogen (secondary N) is 1. The van der Waals surface area contributed by atoms with E-state index in [0.717, 1.165) is 11.1 Å². The number of aromatic amines is 1. The van der Waals surface area contributed by atoms with E-state index in [9.17, 15) is 0 Å². The van der Waals surface area contributed by atoms with Gasteiger partial charge in [-0.15, -0.1) is 0 Å². The summed E-state index contributed by atoms with van der Waals surface area (Å²) in [7, 11) is 0. The maximum atomic E-state index is 5.30. The van der Waals surface area contributed by atoms with E-state index in [1.54, 1.807) is 10.9 Å². The maximum Gasteiger partial charge on any atom is 0.216 e. The van der Waals surface area contributed by atoms with E-state index in [1.165, 1.54) is 10.8 Å². The molecule has 5 heteroatoms. The third kappa shape index (κ3) is 2.77. The van der Waals surface area contributed by atoms with Gasteiger partial charge in [-0.2, -0.15) is 14.9 Å². The summed E-state index contributed by atoms with van der Waals surface area (Å²) in [6.07, 6.45) is 1.80. The lowest BCUT2D eigenvalue weighted by Gasteiger charge is -2.01. The first-order valence-electron chi connectivity index (χ1n) is 7.57. The molecule has 4 aromatic rings. The molecule has 1 heterocycles. The summed E-state index contributed by atoms with van der Waals surface area (Å²) in [6, 6.07) is 24.3. The van der Waals surface area contributed by atoms with Gasteiger partial charge in [-0.05, 0) is 34.6 Å². The number of rotatable bonds is 3. The maximum absolute atomic E-state index is 5.30. The van der Waals surface area contributed by atoms with Crippen molar-refractivity contribution in [2.24, 2.45) is 5.10 Å². The van der Waals surface area contributed by atoms with Gasteiger partial charge >= 0.3 is 0 Å². The first-order valence-corrected chi connectivity index (χ1v) is 7.98. The molecule has 1 N–H and O–H groups in total. The smallest absolute Gasteiger partial charge is 0.216 e. The highest BCUT2D eigenvalue weighted by Gasteiger charge is 2.07. The minimum atomic E-state index is 0.464. The summed E-state index contributed by atoms with van der Waals surface area (Å²) < 4.78 is 2.10. The SMILES string of the molecule is S=c1[nH]nc(-c2ccccc2)n1/N=C\c1ccc2ccccc2c1. The second-order valence-electron chi connectivity index (χ2n) is 5.38. The summed E-state index contributed by atoms with van der Waals surface area (Å²) >= 11 is 5.30. The highest BCUT2D eigenvalue weighted by atomic mass is 32.1. The van der Waals surface area contributed by atoms with Crippen LogP contribution < -0.4 is 0 Å². The van der Waals surface area contributed by atoms with Crippen molar-refractivity contribution in [3.8, 4) is 11.4 Å². The fourth-order valence-electron chi connectivity index (χ4n) is 2.59. The number of nitrogens with zero attached hydrogens (tertiary/aromatic N) is 3. The standard InChI is InChI=1S/C19H14N4S/c24-19-22-21-18(16-7-2-1-3-8-16)23(19)20-13-14-10-11-15-6-4-5-9-17(15)12-14/h1-13H,(H,22,24)/b20-13-. The second kappa shape index (κ2) is 6.22. The van der Waals surface area contributed by atoms with Gasteiger partial charge in [-0.3, -0.25) is 0 Å². The first kappa shape index (κ1) is 14.5.